The molecule has 0 bridgehead atoms. The lowest BCUT2D eigenvalue weighted by Crippen LogP contribution is -2.24. The number of rotatable bonds is 5. The van der Waals surface area contributed by atoms with E-state index in [-0.39, 0.29) is 11.8 Å². The van der Waals surface area contributed by atoms with E-state index in [1.54, 1.807) is 0 Å². The lowest BCUT2D eigenvalue weighted by molar-refractivity contribution is -0.139. The molecule has 5 nitrogen and oxygen atoms in total. The fourth-order valence-electron chi connectivity index (χ4n) is 3.42. The van der Waals surface area contributed by atoms with E-state index in [2.05, 4.69) is 10.2 Å². The molecule has 20 heavy (non-hydrogen) atoms. The Kier molecular flexibility index (Phi) is 4.01. The summed E-state index contributed by atoms with van der Waals surface area (Å²) in [4.78, 5) is 11.1. The fourth-order valence-corrected chi connectivity index (χ4v) is 4.61. The van der Waals surface area contributed by atoms with Crippen molar-refractivity contribution in [3.05, 3.63) is 11.8 Å². The maximum Gasteiger partial charge on any atom is 0.303 e. The standard InChI is InChI=1S/C14H20N2O3S/c17-12(18)9-14(5-1-2-6-14)8-11-15-16-13(19-11)10-4-3-7-20-10/h10H,1-9H2,(H,17,18). The Hall–Kier alpha value is -1.04. The van der Waals surface area contributed by atoms with Crippen molar-refractivity contribution < 1.29 is 14.3 Å². The Balaban J connectivity index is 1.70. The molecule has 1 aliphatic carbocycles. The SMILES string of the molecule is O=C(O)CC1(Cc2nnc(C3CCCS3)o2)CCCC1. The predicted molar refractivity (Wildman–Crippen MR) is 75.6 cm³/mol. The van der Waals surface area contributed by atoms with Gasteiger partial charge in [-0.25, -0.2) is 0 Å². The van der Waals surface area contributed by atoms with Gasteiger partial charge in [-0.2, -0.15) is 0 Å². The number of carboxylic acids is 1. The molecule has 2 aliphatic rings. The second kappa shape index (κ2) is 5.76. The molecule has 2 fully saturated rings. The zero-order valence-electron chi connectivity index (χ0n) is 11.5. The summed E-state index contributed by atoms with van der Waals surface area (Å²) in [5.74, 6) is 1.78. The maximum atomic E-state index is 11.1. The van der Waals surface area contributed by atoms with Gasteiger partial charge in [0.15, 0.2) is 0 Å². The molecule has 1 saturated carbocycles. The van der Waals surface area contributed by atoms with Crippen LogP contribution in [0.4, 0.5) is 0 Å². The van der Waals surface area contributed by atoms with Crippen LogP contribution in [0.15, 0.2) is 4.42 Å². The van der Waals surface area contributed by atoms with Gasteiger partial charge in [-0.1, -0.05) is 12.8 Å². The van der Waals surface area contributed by atoms with Crippen LogP contribution in [0.2, 0.25) is 0 Å². The van der Waals surface area contributed by atoms with E-state index in [1.807, 2.05) is 11.8 Å². The lowest BCUT2D eigenvalue weighted by Gasteiger charge is -2.24. The topological polar surface area (TPSA) is 76.2 Å². The third-order valence-corrected chi connectivity index (χ3v) is 5.77. The molecule has 0 aromatic carbocycles. The largest absolute Gasteiger partial charge is 0.481 e. The van der Waals surface area contributed by atoms with Crippen molar-refractivity contribution in [1.29, 1.82) is 0 Å². The van der Waals surface area contributed by atoms with Crippen LogP contribution in [0.5, 0.6) is 0 Å². The zero-order valence-corrected chi connectivity index (χ0v) is 12.3. The van der Waals surface area contributed by atoms with Gasteiger partial charge in [0, 0.05) is 6.42 Å². The molecule has 110 valence electrons. The van der Waals surface area contributed by atoms with Crippen LogP contribution < -0.4 is 0 Å². The Morgan fingerprint density at radius 3 is 2.80 bits per heavy atom. The maximum absolute atomic E-state index is 11.1. The van der Waals surface area contributed by atoms with Crippen LogP contribution in [0.1, 0.15) is 62.0 Å². The highest BCUT2D eigenvalue weighted by atomic mass is 32.2. The Bertz CT molecular complexity index is 477. The van der Waals surface area contributed by atoms with Gasteiger partial charge in [-0.3, -0.25) is 4.79 Å². The molecule has 0 spiro atoms. The number of aromatic nitrogens is 2. The summed E-state index contributed by atoms with van der Waals surface area (Å²) in [5, 5.41) is 17.8. The second-order valence-corrected chi connectivity index (χ2v) is 7.30. The van der Waals surface area contributed by atoms with E-state index in [1.165, 1.54) is 6.42 Å². The fraction of sp³-hybridized carbons (Fsp3) is 0.786. The third kappa shape index (κ3) is 3.00. The van der Waals surface area contributed by atoms with Gasteiger partial charge in [0.1, 0.15) is 0 Å². The highest BCUT2D eigenvalue weighted by Gasteiger charge is 2.38. The number of aliphatic carboxylic acids is 1. The summed E-state index contributed by atoms with van der Waals surface area (Å²) in [7, 11) is 0. The highest BCUT2D eigenvalue weighted by molar-refractivity contribution is 7.99. The zero-order chi connectivity index (χ0) is 14.0. The molecule has 3 rings (SSSR count). The Morgan fingerprint density at radius 2 is 2.15 bits per heavy atom. The average molecular weight is 296 g/mol. The lowest BCUT2D eigenvalue weighted by atomic mass is 9.79. The van der Waals surface area contributed by atoms with E-state index in [0.717, 1.165) is 43.7 Å². The number of thioether (sulfide) groups is 1. The number of hydrogen-bond donors (Lipinski definition) is 1. The Morgan fingerprint density at radius 1 is 1.35 bits per heavy atom. The molecule has 1 N–H and O–H groups in total. The van der Waals surface area contributed by atoms with Crippen LogP contribution in [-0.4, -0.2) is 27.0 Å². The molecule has 1 saturated heterocycles. The van der Waals surface area contributed by atoms with Crippen LogP contribution in [0.25, 0.3) is 0 Å². The average Bonchev–Trinajstić information content (AvgIpc) is 3.08. The summed E-state index contributed by atoms with van der Waals surface area (Å²) >= 11 is 1.87. The first-order chi connectivity index (χ1) is 9.67. The van der Waals surface area contributed by atoms with Crippen molar-refractivity contribution in [3.63, 3.8) is 0 Å². The molecular formula is C14H20N2O3S. The summed E-state index contributed by atoms with van der Waals surface area (Å²) in [6.07, 6.45) is 7.25. The van der Waals surface area contributed by atoms with Crippen molar-refractivity contribution in [3.8, 4) is 0 Å². The molecule has 1 aromatic rings. The molecule has 0 amide bonds. The smallest absolute Gasteiger partial charge is 0.303 e. The van der Waals surface area contributed by atoms with E-state index in [9.17, 15) is 4.79 Å². The molecule has 2 heterocycles. The summed E-state index contributed by atoms with van der Waals surface area (Å²) in [6.45, 7) is 0. The minimum atomic E-state index is -0.724. The van der Waals surface area contributed by atoms with Crippen molar-refractivity contribution >= 4 is 17.7 Å². The predicted octanol–water partition coefficient (Wildman–Crippen LogP) is 3.22. The van der Waals surface area contributed by atoms with E-state index < -0.39 is 5.97 Å². The summed E-state index contributed by atoms with van der Waals surface area (Å²) < 4.78 is 5.80. The van der Waals surface area contributed by atoms with Gasteiger partial charge < -0.3 is 9.52 Å². The van der Waals surface area contributed by atoms with E-state index in [0.29, 0.717) is 17.6 Å². The van der Waals surface area contributed by atoms with E-state index in [4.69, 9.17) is 9.52 Å². The molecule has 0 radical (unpaired) electrons. The second-order valence-electron chi connectivity index (χ2n) is 5.99. The Labute approximate surface area is 122 Å². The quantitative estimate of drug-likeness (QED) is 0.899. The van der Waals surface area contributed by atoms with Crippen LogP contribution in [0.3, 0.4) is 0 Å². The van der Waals surface area contributed by atoms with Gasteiger partial charge >= 0.3 is 5.97 Å². The normalized spacial score (nSPS) is 25.1. The number of nitrogens with zero attached hydrogens (tertiary/aromatic N) is 2. The number of hydrogen-bond acceptors (Lipinski definition) is 5. The van der Waals surface area contributed by atoms with Gasteiger partial charge in [-0.05, 0) is 36.9 Å². The first kappa shape index (κ1) is 13.9. The highest BCUT2D eigenvalue weighted by Crippen LogP contribution is 2.44. The van der Waals surface area contributed by atoms with Crippen LogP contribution >= 0.6 is 11.8 Å². The monoisotopic (exact) mass is 296 g/mol. The molecule has 1 aromatic heterocycles. The van der Waals surface area contributed by atoms with Gasteiger partial charge in [0.25, 0.3) is 0 Å². The molecule has 1 aliphatic heterocycles. The van der Waals surface area contributed by atoms with Crippen molar-refractivity contribution in [2.75, 3.05) is 5.75 Å². The van der Waals surface area contributed by atoms with E-state index >= 15 is 0 Å². The summed E-state index contributed by atoms with van der Waals surface area (Å²) in [6, 6.07) is 0. The van der Waals surface area contributed by atoms with Crippen LogP contribution in [-0.2, 0) is 11.2 Å². The van der Waals surface area contributed by atoms with Crippen molar-refractivity contribution in [1.82, 2.24) is 10.2 Å². The minimum Gasteiger partial charge on any atom is -0.481 e. The van der Waals surface area contributed by atoms with Gasteiger partial charge in [0.2, 0.25) is 11.8 Å². The molecule has 1 unspecified atom stereocenters. The van der Waals surface area contributed by atoms with Crippen molar-refractivity contribution in [2.24, 2.45) is 5.41 Å². The molecule has 1 atom stereocenters. The third-order valence-electron chi connectivity index (χ3n) is 4.40. The first-order valence-corrected chi connectivity index (χ1v) is 8.37. The van der Waals surface area contributed by atoms with Crippen LogP contribution in [0, 0.1) is 5.41 Å². The molecule has 6 heteroatoms. The van der Waals surface area contributed by atoms with Gasteiger partial charge in [-0.15, -0.1) is 22.0 Å². The first-order valence-electron chi connectivity index (χ1n) is 7.33. The number of carbonyl (C=O) groups is 1. The van der Waals surface area contributed by atoms with Gasteiger partial charge in [0.05, 0.1) is 11.7 Å². The number of carboxylic acid groups (broad SMARTS) is 1. The minimum absolute atomic E-state index is 0.168. The summed E-state index contributed by atoms with van der Waals surface area (Å²) in [5.41, 5.74) is -0.168. The molecular weight excluding hydrogens is 276 g/mol. The van der Waals surface area contributed by atoms with Crippen molar-refractivity contribution in [2.45, 2.75) is 56.6 Å².